The molecule has 34 heavy (non-hydrogen) atoms. The summed E-state index contributed by atoms with van der Waals surface area (Å²) in [4.78, 5) is 30.9. The van der Waals surface area contributed by atoms with Gasteiger partial charge in [-0.25, -0.2) is 9.37 Å². The Balaban J connectivity index is 1.68. The molecule has 2 N–H and O–H groups in total. The summed E-state index contributed by atoms with van der Waals surface area (Å²) in [6.07, 6.45) is 1.76. The zero-order valence-electron chi connectivity index (χ0n) is 19.6. The second-order valence-electron chi connectivity index (χ2n) is 8.55. The number of aldehydes is 1. The maximum absolute atomic E-state index is 13.6. The maximum atomic E-state index is 13.6. The van der Waals surface area contributed by atoms with Crippen LogP contribution in [0.4, 0.5) is 15.9 Å². The zero-order chi connectivity index (χ0) is 24.1. The molecule has 0 aliphatic carbocycles. The van der Waals surface area contributed by atoms with E-state index in [-0.39, 0.29) is 18.1 Å². The summed E-state index contributed by atoms with van der Waals surface area (Å²) < 4.78 is 15.7. The van der Waals surface area contributed by atoms with Gasteiger partial charge in [0.05, 0.1) is 12.6 Å². The van der Waals surface area contributed by atoms with Crippen LogP contribution in [0.15, 0.2) is 48.5 Å². The average molecular weight is 464 g/mol. The predicted molar refractivity (Wildman–Crippen MR) is 130 cm³/mol. The smallest absolute Gasteiger partial charge is 0.237 e. The molecule has 1 aromatic heterocycles. The third-order valence-corrected chi connectivity index (χ3v) is 6.05. The van der Waals surface area contributed by atoms with Crippen LogP contribution in [0.2, 0.25) is 0 Å². The van der Waals surface area contributed by atoms with Gasteiger partial charge in [-0.15, -0.1) is 0 Å². The van der Waals surface area contributed by atoms with E-state index in [1.54, 1.807) is 12.1 Å². The minimum Gasteiger partial charge on any atom is -0.355 e. The first kappa shape index (κ1) is 23.6. The number of aryl methyl sites for hydroxylation is 1. The van der Waals surface area contributed by atoms with Crippen molar-refractivity contribution in [2.75, 3.05) is 18.4 Å². The van der Waals surface area contributed by atoms with E-state index in [0.29, 0.717) is 26.2 Å². The van der Waals surface area contributed by atoms with Gasteiger partial charge in [-0.3, -0.25) is 9.69 Å². The van der Waals surface area contributed by atoms with Crippen LogP contribution in [-0.2, 0) is 22.7 Å². The summed E-state index contributed by atoms with van der Waals surface area (Å²) in [5.74, 6) is 1.18. The summed E-state index contributed by atoms with van der Waals surface area (Å²) in [7, 11) is 0. The van der Waals surface area contributed by atoms with Crippen molar-refractivity contribution in [3.8, 4) is 11.3 Å². The number of halogens is 1. The lowest BCUT2D eigenvalue weighted by molar-refractivity contribution is -0.129. The highest BCUT2D eigenvalue weighted by Crippen LogP contribution is 2.34. The lowest BCUT2D eigenvalue weighted by Gasteiger charge is -2.33. The number of nitrogens with one attached hydrogen (secondary N) is 2. The Morgan fingerprint density at radius 1 is 1.15 bits per heavy atom. The van der Waals surface area contributed by atoms with Crippen LogP contribution in [0.25, 0.3) is 11.3 Å². The zero-order valence-corrected chi connectivity index (χ0v) is 19.6. The minimum absolute atomic E-state index is 0.134. The van der Waals surface area contributed by atoms with Gasteiger partial charge in [0.25, 0.3) is 0 Å². The molecule has 178 valence electrons. The van der Waals surface area contributed by atoms with Crippen molar-refractivity contribution in [2.45, 2.75) is 45.8 Å². The number of fused-ring (bicyclic) bond motifs is 1. The van der Waals surface area contributed by atoms with Crippen molar-refractivity contribution >= 4 is 23.7 Å². The molecule has 1 amide bonds. The summed E-state index contributed by atoms with van der Waals surface area (Å²) in [6, 6.07) is 13.8. The molecule has 2 aromatic carbocycles. The molecule has 0 saturated heterocycles. The summed E-state index contributed by atoms with van der Waals surface area (Å²) in [5, 5.41) is 6.40. The molecule has 8 heteroatoms. The van der Waals surface area contributed by atoms with Crippen molar-refractivity contribution < 1.29 is 14.0 Å². The minimum atomic E-state index is -0.530. The van der Waals surface area contributed by atoms with Gasteiger partial charge >= 0.3 is 0 Å². The van der Waals surface area contributed by atoms with Crippen LogP contribution < -0.4 is 10.6 Å². The summed E-state index contributed by atoms with van der Waals surface area (Å²) >= 11 is 0. The normalized spacial score (nSPS) is 14.3. The van der Waals surface area contributed by atoms with E-state index in [1.165, 1.54) is 12.1 Å². The first-order valence-corrected chi connectivity index (χ1v) is 11.6. The first-order valence-electron chi connectivity index (χ1n) is 11.6. The largest absolute Gasteiger partial charge is 0.355 e. The number of hydrogen-bond donors (Lipinski definition) is 2. The Labute approximate surface area is 199 Å². The Bertz CT molecular complexity index is 1140. The number of amides is 1. The van der Waals surface area contributed by atoms with Gasteiger partial charge in [0, 0.05) is 37.3 Å². The topological polar surface area (TPSA) is 79.3 Å². The molecule has 0 fully saturated rings. The number of rotatable bonds is 9. The van der Waals surface area contributed by atoms with Crippen molar-refractivity contribution in [3.63, 3.8) is 0 Å². The van der Waals surface area contributed by atoms with Gasteiger partial charge < -0.3 is 20.0 Å². The van der Waals surface area contributed by atoms with Crippen molar-refractivity contribution in [1.82, 2.24) is 19.8 Å². The Hall–Kier alpha value is -3.52. The van der Waals surface area contributed by atoms with Crippen LogP contribution in [0.3, 0.4) is 0 Å². The van der Waals surface area contributed by atoms with E-state index >= 15 is 0 Å². The van der Waals surface area contributed by atoms with Crippen molar-refractivity contribution in [2.24, 2.45) is 0 Å². The number of carbonyl (C=O) groups is 2. The number of aromatic nitrogens is 2. The molecule has 3 aromatic rings. The summed E-state index contributed by atoms with van der Waals surface area (Å²) in [5.41, 5.74) is 3.61. The summed E-state index contributed by atoms with van der Waals surface area (Å²) in [6.45, 7) is 6.25. The molecular weight excluding hydrogens is 433 g/mol. The van der Waals surface area contributed by atoms with Crippen LogP contribution in [-0.4, -0.2) is 45.8 Å². The Kier molecular flexibility index (Phi) is 7.37. The fourth-order valence-corrected chi connectivity index (χ4v) is 4.20. The number of hydrogen-bond acceptors (Lipinski definition) is 5. The lowest BCUT2D eigenvalue weighted by atomic mass is 10.1. The van der Waals surface area contributed by atoms with E-state index in [4.69, 9.17) is 4.98 Å². The SMILES string of the molecule is CCCNC(=O)C(CC=O)N1CCn2c(nc(-c3ccc(F)cc3)c2Nc2ccc(C)cc2)C1. The molecule has 2 heterocycles. The van der Waals surface area contributed by atoms with Crippen LogP contribution >= 0.6 is 0 Å². The second-order valence-corrected chi connectivity index (χ2v) is 8.55. The monoisotopic (exact) mass is 463 g/mol. The third-order valence-electron chi connectivity index (χ3n) is 6.05. The predicted octanol–water partition coefficient (Wildman–Crippen LogP) is 4.04. The van der Waals surface area contributed by atoms with Crippen molar-refractivity contribution in [1.29, 1.82) is 0 Å². The standard InChI is InChI=1S/C26H30FN5O2/c1-3-13-28-26(34)22(12-16-33)31-14-15-32-23(17-31)30-24(19-6-8-20(27)9-7-19)25(32)29-21-10-4-18(2)5-11-21/h4-11,16,22,29H,3,12-15,17H2,1-2H3,(H,28,34). The molecule has 0 bridgehead atoms. The molecule has 0 radical (unpaired) electrons. The molecule has 1 atom stereocenters. The van der Waals surface area contributed by atoms with Gasteiger partial charge in [0.15, 0.2) is 0 Å². The first-order chi connectivity index (χ1) is 16.5. The highest BCUT2D eigenvalue weighted by atomic mass is 19.1. The van der Waals surface area contributed by atoms with E-state index in [2.05, 4.69) is 15.2 Å². The average Bonchev–Trinajstić information content (AvgIpc) is 3.20. The van der Waals surface area contributed by atoms with E-state index in [0.717, 1.165) is 46.9 Å². The molecule has 1 unspecified atom stereocenters. The fourth-order valence-electron chi connectivity index (χ4n) is 4.20. The van der Waals surface area contributed by atoms with Crippen LogP contribution in [0.1, 0.15) is 31.2 Å². The molecule has 1 aliphatic heterocycles. The molecule has 0 spiro atoms. The maximum Gasteiger partial charge on any atom is 0.237 e. The molecular formula is C26H30FN5O2. The number of nitrogens with zero attached hydrogens (tertiary/aromatic N) is 3. The quantitative estimate of drug-likeness (QED) is 0.468. The Morgan fingerprint density at radius 2 is 1.88 bits per heavy atom. The van der Waals surface area contributed by atoms with E-state index in [1.807, 2.05) is 43.0 Å². The lowest BCUT2D eigenvalue weighted by Crippen LogP contribution is -2.50. The molecule has 1 aliphatic rings. The van der Waals surface area contributed by atoms with Gasteiger partial charge in [0.2, 0.25) is 5.91 Å². The Morgan fingerprint density at radius 3 is 2.56 bits per heavy atom. The number of anilines is 2. The number of imidazole rings is 1. The van der Waals surface area contributed by atoms with Gasteiger partial charge in [-0.2, -0.15) is 0 Å². The highest BCUT2D eigenvalue weighted by molar-refractivity contribution is 5.84. The molecule has 0 saturated carbocycles. The number of benzene rings is 2. The molecule has 7 nitrogen and oxygen atoms in total. The molecule has 4 rings (SSSR count). The third kappa shape index (κ3) is 5.17. The van der Waals surface area contributed by atoms with Gasteiger partial charge in [-0.05, 0) is 49.7 Å². The van der Waals surface area contributed by atoms with Gasteiger partial charge in [-0.1, -0.05) is 24.6 Å². The van der Waals surface area contributed by atoms with Crippen molar-refractivity contribution in [3.05, 3.63) is 65.7 Å². The van der Waals surface area contributed by atoms with E-state index < -0.39 is 6.04 Å². The highest BCUT2D eigenvalue weighted by Gasteiger charge is 2.31. The number of carbonyl (C=O) groups excluding carboxylic acids is 2. The van der Waals surface area contributed by atoms with Crippen LogP contribution in [0.5, 0.6) is 0 Å². The second kappa shape index (κ2) is 10.6. The van der Waals surface area contributed by atoms with E-state index in [9.17, 15) is 14.0 Å². The fraction of sp³-hybridized carbons (Fsp3) is 0.346. The van der Waals surface area contributed by atoms with Crippen LogP contribution in [0, 0.1) is 12.7 Å². The van der Waals surface area contributed by atoms with Gasteiger partial charge in [0.1, 0.15) is 29.4 Å².